The number of nitrogens with zero attached hydrogens (tertiary/aromatic N) is 2. The molecule has 0 radical (unpaired) electrons. The predicted octanol–water partition coefficient (Wildman–Crippen LogP) is 2.96. The number of imide groups is 1. The fourth-order valence-corrected chi connectivity index (χ4v) is 4.50. The van der Waals surface area contributed by atoms with E-state index in [4.69, 9.17) is 0 Å². The van der Waals surface area contributed by atoms with E-state index < -0.39 is 0 Å². The van der Waals surface area contributed by atoms with Gasteiger partial charge < -0.3 is 0 Å². The van der Waals surface area contributed by atoms with Crippen LogP contribution in [0.3, 0.4) is 0 Å². The van der Waals surface area contributed by atoms with Crippen molar-refractivity contribution in [2.75, 3.05) is 19.6 Å². The van der Waals surface area contributed by atoms with E-state index in [9.17, 15) is 9.59 Å². The van der Waals surface area contributed by atoms with Gasteiger partial charge in [-0.25, -0.2) is 0 Å². The second-order valence-electron chi connectivity index (χ2n) is 6.07. The van der Waals surface area contributed by atoms with E-state index in [2.05, 4.69) is 23.3 Å². The number of hydrogen-bond donors (Lipinski definition) is 0. The fraction of sp³-hybridized carbons (Fsp3) is 0.333. The zero-order chi connectivity index (χ0) is 16.0. The Kier molecular flexibility index (Phi) is 3.54. The fourth-order valence-electron chi connectivity index (χ4n) is 3.54. The van der Waals surface area contributed by atoms with E-state index in [-0.39, 0.29) is 11.8 Å². The van der Waals surface area contributed by atoms with Crippen molar-refractivity contribution >= 4 is 23.2 Å². The average Bonchev–Trinajstić information content (AvgIpc) is 3.13. The van der Waals surface area contributed by atoms with Crippen LogP contribution >= 0.6 is 11.3 Å². The first-order valence-corrected chi connectivity index (χ1v) is 8.80. The Balaban J connectivity index is 1.47. The first-order valence-electron chi connectivity index (χ1n) is 7.92. The lowest BCUT2D eigenvalue weighted by Gasteiger charge is -2.34. The summed E-state index contributed by atoms with van der Waals surface area (Å²) in [6.07, 6.45) is 1.06. The minimum Gasteiger partial charge on any atom is -0.294 e. The van der Waals surface area contributed by atoms with Gasteiger partial charge in [-0.15, -0.1) is 11.3 Å². The average molecular weight is 326 g/mol. The summed E-state index contributed by atoms with van der Waals surface area (Å²) in [5, 5.41) is 2.15. The van der Waals surface area contributed by atoms with Gasteiger partial charge in [-0.3, -0.25) is 19.4 Å². The summed E-state index contributed by atoms with van der Waals surface area (Å²) in [6, 6.07) is 9.61. The lowest BCUT2D eigenvalue weighted by Crippen LogP contribution is -2.41. The van der Waals surface area contributed by atoms with Crippen LogP contribution in [0.4, 0.5) is 0 Å². The standard InChI is InChI=1S/C18H18N2O2S/c1-12-13-7-11-23-16(13)6-8-19(12)9-10-20-17(21)14-4-2-3-5-15(14)18(20)22/h2-5,7,11-12H,6,8-10H2,1H3/t12-/m0/s1. The van der Waals surface area contributed by atoms with Crippen LogP contribution in [0.15, 0.2) is 35.7 Å². The summed E-state index contributed by atoms with van der Waals surface area (Å²) >= 11 is 1.82. The molecular formula is C18H18N2O2S. The number of thiophene rings is 1. The van der Waals surface area contributed by atoms with E-state index in [0.717, 1.165) is 19.5 Å². The van der Waals surface area contributed by atoms with Gasteiger partial charge in [0.15, 0.2) is 0 Å². The second-order valence-corrected chi connectivity index (χ2v) is 7.07. The minimum atomic E-state index is -0.161. The molecule has 118 valence electrons. The molecule has 4 nitrogen and oxygen atoms in total. The molecule has 1 atom stereocenters. The molecule has 0 unspecified atom stereocenters. The van der Waals surface area contributed by atoms with Crippen LogP contribution in [0.2, 0.25) is 0 Å². The molecule has 0 spiro atoms. The largest absolute Gasteiger partial charge is 0.294 e. The van der Waals surface area contributed by atoms with E-state index >= 15 is 0 Å². The van der Waals surface area contributed by atoms with Crippen LogP contribution in [0.1, 0.15) is 44.1 Å². The maximum atomic E-state index is 12.4. The lowest BCUT2D eigenvalue weighted by atomic mass is 10.0. The van der Waals surface area contributed by atoms with Gasteiger partial charge >= 0.3 is 0 Å². The van der Waals surface area contributed by atoms with Crippen molar-refractivity contribution in [3.8, 4) is 0 Å². The van der Waals surface area contributed by atoms with Gasteiger partial charge in [-0.05, 0) is 42.5 Å². The van der Waals surface area contributed by atoms with Crippen molar-refractivity contribution < 1.29 is 9.59 Å². The third kappa shape index (κ3) is 2.31. The van der Waals surface area contributed by atoms with Crippen LogP contribution in [0, 0.1) is 0 Å². The number of hydrogen-bond acceptors (Lipinski definition) is 4. The molecule has 2 aromatic rings. The number of fused-ring (bicyclic) bond motifs is 2. The van der Waals surface area contributed by atoms with Gasteiger partial charge in [0.05, 0.1) is 11.1 Å². The Morgan fingerprint density at radius 3 is 2.48 bits per heavy atom. The molecule has 23 heavy (non-hydrogen) atoms. The maximum absolute atomic E-state index is 12.4. The SMILES string of the molecule is C[C@H]1c2ccsc2CCN1CCN1C(=O)c2ccccc2C1=O. The number of benzene rings is 1. The normalized spacial score (nSPS) is 20.7. The molecule has 5 heteroatoms. The third-order valence-electron chi connectivity index (χ3n) is 4.89. The molecule has 0 saturated heterocycles. The highest BCUT2D eigenvalue weighted by molar-refractivity contribution is 7.10. The molecule has 4 rings (SSSR count). The van der Waals surface area contributed by atoms with E-state index in [0.29, 0.717) is 23.7 Å². The van der Waals surface area contributed by atoms with Gasteiger partial charge in [-0.2, -0.15) is 0 Å². The highest BCUT2D eigenvalue weighted by Crippen LogP contribution is 2.32. The second kappa shape index (κ2) is 5.58. The van der Waals surface area contributed by atoms with Gasteiger partial charge in [-0.1, -0.05) is 12.1 Å². The summed E-state index contributed by atoms with van der Waals surface area (Å²) in [4.78, 5) is 30.0. The van der Waals surface area contributed by atoms with Crippen LogP contribution in [0.5, 0.6) is 0 Å². The molecule has 0 aliphatic carbocycles. The molecule has 0 bridgehead atoms. The summed E-state index contributed by atoms with van der Waals surface area (Å²) in [7, 11) is 0. The summed E-state index contributed by atoms with van der Waals surface area (Å²) in [5.74, 6) is -0.321. The molecular weight excluding hydrogens is 308 g/mol. The van der Waals surface area contributed by atoms with Crippen molar-refractivity contribution in [2.45, 2.75) is 19.4 Å². The first-order chi connectivity index (χ1) is 11.2. The van der Waals surface area contributed by atoms with Crippen molar-refractivity contribution in [1.29, 1.82) is 0 Å². The van der Waals surface area contributed by atoms with Crippen molar-refractivity contribution in [3.05, 3.63) is 57.3 Å². The van der Waals surface area contributed by atoms with Crippen LogP contribution < -0.4 is 0 Å². The highest BCUT2D eigenvalue weighted by atomic mass is 32.1. The number of carbonyl (C=O) groups is 2. The Morgan fingerprint density at radius 2 is 1.78 bits per heavy atom. The Morgan fingerprint density at radius 1 is 1.09 bits per heavy atom. The Bertz CT molecular complexity index is 748. The Labute approximate surface area is 139 Å². The molecule has 1 aromatic heterocycles. The summed E-state index contributed by atoms with van der Waals surface area (Å²) in [6.45, 7) is 4.36. The van der Waals surface area contributed by atoms with Gasteiger partial charge in [0, 0.05) is 30.6 Å². The van der Waals surface area contributed by atoms with Crippen LogP contribution in [0.25, 0.3) is 0 Å². The number of carbonyl (C=O) groups excluding carboxylic acids is 2. The molecule has 3 heterocycles. The zero-order valence-corrected chi connectivity index (χ0v) is 13.8. The molecule has 1 aromatic carbocycles. The number of amides is 2. The van der Waals surface area contributed by atoms with E-state index in [1.165, 1.54) is 15.3 Å². The molecule has 0 saturated carbocycles. The minimum absolute atomic E-state index is 0.161. The topological polar surface area (TPSA) is 40.6 Å². The van der Waals surface area contributed by atoms with Crippen LogP contribution in [-0.4, -0.2) is 41.2 Å². The first kappa shape index (κ1) is 14.6. The van der Waals surface area contributed by atoms with Crippen molar-refractivity contribution in [1.82, 2.24) is 9.80 Å². The van der Waals surface area contributed by atoms with Crippen LogP contribution in [-0.2, 0) is 6.42 Å². The molecule has 2 aliphatic rings. The summed E-state index contributed by atoms with van der Waals surface area (Å²) in [5.41, 5.74) is 2.46. The van der Waals surface area contributed by atoms with Crippen molar-refractivity contribution in [3.63, 3.8) is 0 Å². The predicted molar refractivity (Wildman–Crippen MR) is 89.8 cm³/mol. The van der Waals surface area contributed by atoms with Gasteiger partial charge in [0.25, 0.3) is 11.8 Å². The van der Waals surface area contributed by atoms with E-state index in [1.807, 2.05) is 11.3 Å². The Hall–Kier alpha value is -1.98. The molecule has 2 amide bonds. The molecule has 0 fully saturated rings. The quantitative estimate of drug-likeness (QED) is 0.814. The van der Waals surface area contributed by atoms with E-state index in [1.54, 1.807) is 24.3 Å². The zero-order valence-electron chi connectivity index (χ0n) is 13.0. The highest BCUT2D eigenvalue weighted by Gasteiger charge is 2.35. The molecule has 2 aliphatic heterocycles. The van der Waals surface area contributed by atoms with Gasteiger partial charge in [0.2, 0.25) is 0 Å². The monoisotopic (exact) mass is 326 g/mol. The lowest BCUT2D eigenvalue weighted by molar-refractivity contribution is 0.0623. The van der Waals surface area contributed by atoms with Crippen molar-refractivity contribution in [2.24, 2.45) is 0 Å². The number of rotatable bonds is 3. The molecule has 0 N–H and O–H groups in total. The third-order valence-corrected chi connectivity index (χ3v) is 5.89. The smallest absolute Gasteiger partial charge is 0.261 e. The van der Waals surface area contributed by atoms with Gasteiger partial charge in [0.1, 0.15) is 0 Å². The summed E-state index contributed by atoms with van der Waals surface area (Å²) < 4.78 is 0. The maximum Gasteiger partial charge on any atom is 0.261 e.